The van der Waals surface area contributed by atoms with Crippen molar-refractivity contribution in [3.05, 3.63) is 119 Å². The second-order valence-corrected chi connectivity index (χ2v) is 15.8. The Morgan fingerprint density at radius 3 is 1.33 bits per heavy atom. The predicted octanol–water partition coefficient (Wildman–Crippen LogP) is 10.7. The number of fused-ring (bicyclic) bond motifs is 1. The quantitative estimate of drug-likeness (QED) is 0.179. The number of carbonyl (C=O) groups excluding carboxylic acids is 2. The van der Waals surface area contributed by atoms with E-state index in [2.05, 4.69) is 90.1 Å². The number of carbonyl (C=O) groups is 2. The van der Waals surface area contributed by atoms with E-state index in [9.17, 15) is 9.59 Å². The molecule has 6 atom stereocenters. The normalized spacial score (nSPS) is 25.0. The molecule has 2 aliphatic carbocycles. The molecule has 2 saturated carbocycles. The van der Waals surface area contributed by atoms with Gasteiger partial charge in [0.05, 0.1) is 11.1 Å². The maximum Gasteiger partial charge on any atom is 0.339 e. The first-order valence-electron chi connectivity index (χ1n) is 18.0. The average Bonchev–Trinajstić information content (AvgIpc) is 3.08. The molecular formula is C44H52O4. The summed E-state index contributed by atoms with van der Waals surface area (Å²) in [5.74, 6) is 0.547. The van der Waals surface area contributed by atoms with Crippen molar-refractivity contribution in [1.29, 1.82) is 0 Å². The van der Waals surface area contributed by atoms with E-state index < -0.39 is 0 Å². The molecule has 4 aromatic carbocycles. The summed E-state index contributed by atoms with van der Waals surface area (Å²) in [5, 5.41) is 1.44. The van der Waals surface area contributed by atoms with Gasteiger partial charge in [-0.3, -0.25) is 0 Å². The fourth-order valence-electron chi connectivity index (χ4n) is 8.82. The van der Waals surface area contributed by atoms with Crippen molar-refractivity contribution >= 4 is 22.7 Å². The van der Waals surface area contributed by atoms with Crippen LogP contribution in [0.5, 0.6) is 0 Å². The Hall–Kier alpha value is -3.92. The van der Waals surface area contributed by atoms with Crippen molar-refractivity contribution < 1.29 is 19.1 Å². The van der Waals surface area contributed by atoms with Crippen LogP contribution in [0.25, 0.3) is 10.8 Å². The van der Waals surface area contributed by atoms with Crippen molar-refractivity contribution in [2.45, 2.75) is 103 Å². The van der Waals surface area contributed by atoms with E-state index in [0.717, 1.165) is 43.9 Å². The van der Waals surface area contributed by atoms with E-state index in [-0.39, 0.29) is 46.8 Å². The van der Waals surface area contributed by atoms with Crippen molar-refractivity contribution in [1.82, 2.24) is 0 Å². The summed E-state index contributed by atoms with van der Waals surface area (Å²) in [7, 11) is 0. The van der Waals surface area contributed by atoms with Gasteiger partial charge in [0, 0.05) is 17.2 Å². The Morgan fingerprint density at radius 2 is 0.938 bits per heavy atom. The number of rotatable bonds is 8. The van der Waals surface area contributed by atoms with Gasteiger partial charge < -0.3 is 9.47 Å². The smallest absolute Gasteiger partial charge is 0.339 e. The highest BCUT2D eigenvalue weighted by atomic mass is 16.5. The van der Waals surface area contributed by atoms with Gasteiger partial charge in [0.25, 0.3) is 0 Å². The molecule has 0 unspecified atom stereocenters. The lowest BCUT2D eigenvalue weighted by molar-refractivity contribution is -0.0237. The van der Waals surface area contributed by atoms with Crippen molar-refractivity contribution in [2.75, 3.05) is 0 Å². The molecule has 0 saturated heterocycles. The van der Waals surface area contributed by atoms with E-state index in [1.807, 2.05) is 36.4 Å². The molecule has 0 aromatic heterocycles. The van der Waals surface area contributed by atoms with E-state index >= 15 is 0 Å². The summed E-state index contributed by atoms with van der Waals surface area (Å²) in [6.45, 7) is 13.6. The lowest BCUT2D eigenvalue weighted by Gasteiger charge is -2.44. The molecule has 0 bridgehead atoms. The van der Waals surface area contributed by atoms with Crippen LogP contribution in [0.1, 0.15) is 112 Å². The van der Waals surface area contributed by atoms with Gasteiger partial charge in [0.2, 0.25) is 0 Å². The lowest BCUT2D eigenvalue weighted by atomic mass is 9.64. The molecule has 4 heteroatoms. The zero-order chi connectivity index (χ0) is 34.1. The molecule has 0 radical (unpaired) electrons. The third-order valence-electron chi connectivity index (χ3n) is 11.9. The molecule has 252 valence electrons. The zero-order valence-electron chi connectivity index (χ0n) is 29.6. The molecule has 48 heavy (non-hydrogen) atoms. The maximum absolute atomic E-state index is 14.2. The predicted molar refractivity (Wildman–Crippen MR) is 194 cm³/mol. The van der Waals surface area contributed by atoms with Crippen LogP contribution < -0.4 is 0 Å². The molecule has 0 N–H and O–H groups in total. The minimum atomic E-state index is -0.372. The Labute approximate surface area is 287 Å². The topological polar surface area (TPSA) is 52.6 Å². The highest BCUT2D eigenvalue weighted by molar-refractivity contribution is 6.13. The van der Waals surface area contributed by atoms with Crippen LogP contribution in [-0.2, 0) is 20.3 Å². The number of hydrogen-bond donors (Lipinski definition) is 0. The summed E-state index contributed by atoms with van der Waals surface area (Å²) in [5.41, 5.74) is 3.03. The van der Waals surface area contributed by atoms with Gasteiger partial charge in [-0.25, -0.2) is 9.59 Å². The SMILES string of the molecule is C[C@@H]1CC[C@@H](C(C)(C)c2ccccc2)[C@H](OC(=O)c2cccc3cccc(C(=O)O[C@@H]4C[C@H](C)CC[C@H]4C(C)(C)c4ccccc4)c23)C1. The molecule has 0 heterocycles. The van der Waals surface area contributed by atoms with Gasteiger partial charge in [0.15, 0.2) is 0 Å². The van der Waals surface area contributed by atoms with Crippen molar-refractivity contribution in [2.24, 2.45) is 23.7 Å². The lowest BCUT2D eigenvalue weighted by Crippen LogP contribution is -2.43. The van der Waals surface area contributed by atoms with Crippen LogP contribution >= 0.6 is 0 Å². The van der Waals surface area contributed by atoms with Crippen LogP contribution in [0.15, 0.2) is 97.1 Å². The zero-order valence-corrected chi connectivity index (χ0v) is 29.6. The molecular weight excluding hydrogens is 592 g/mol. The van der Waals surface area contributed by atoms with Crippen LogP contribution in [0, 0.1) is 23.7 Å². The van der Waals surface area contributed by atoms with E-state index in [1.54, 1.807) is 12.1 Å². The minimum Gasteiger partial charge on any atom is -0.458 e. The van der Waals surface area contributed by atoms with Gasteiger partial charge in [0.1, 0.15) is 12.2 Å². The van der Waals surface area contributed by atoms with Gasteiger partial charge in [-0.2, -0.15) is 0 Å². The van der Waals surface area contributed by atoms with Gasteiger partial charge in [-0.1, -0.05) is 139 Å². The van der Waals surface area contributed by atoms with Gasteiger partial charge in [-0.15, -0.1) is 0 Å². The van der Waals surface area contributed by atoms with Crippen LogP contribution in [-0.4, -0.2) is 24.1 Å². The molecule has 0 amide bonds. The van der Waals surface area contributed by atoms with Gasteiger partial charge in [-0.05, 0) is 77.0 Å². The Kier molecular flexibility index (Phi) is 9.83. The minimum absolute atomic E-state index is 0.165. The third-order valence-corrected chi connectivity index (χ3v) is 11.9. The number of benzene rings is 4. The molecule has 0 aliphatic heterocycles. The first kappa shape index (κ1) is 34.0. The second-order valence-electron chi connectivity index (χ2n) is 15.8. The highest BCUT2D eigenvalue weighted by Crippen LogP contribution is 2.45. The van der Waals surface area contributed by atoms with Crippen molar-refractivity contribution in [3.8, 4) is 0 Å². The van der Waals surface area contributed by atoms with Crippen LogP contribution in [0.4, 0.5) is 0 Å². The standard InChI is InChI=1S/C44H52O4/c1-29-23-25-36(43(3,4)32-17-9-7-10-18-32)38(27-29)47-41(45)34-21-13-15-31-16-14-22-35(40(31)34)42(46)48-39-28-30(2)24-26-37(39)44(5,6)33-19-11-8-12-20-33/h7-22,29-30,36-39H,23-28H2,1-6H3/t29-,30-,36-,37-,38-,39-/m1/s1. The molecule has 4 aromatic rings. The van der Waals surface area contributed by atoms with E-state index in [1.165, 1.54) is 11.1 Å². The summed E-state index contributed by atoms with van der Waals surface area (Å²) >= 11 is 0. The fraction of sp³-hybridized carbons (Fsp3) is 0.455. The second kappa shape index (κ2) is 13.9. The van der Waals surface area contributed by atoms with Crippen LogP contribution in [0.3, 0.4) is 0 Å². The highest BCUT2D eigenvalue weighted by Gasteiger charge is 2.44. The van der Waals surface area contributed by atoms with E-state index in [0.29, 0.717) is 28.3 Å². The molecule has 2 fully saturated rings. The van der Waals surface area contributed by atoms with Crippen molar-refractivity contribution in [3.63, 3.8) is 0 Å². The summed E-state index contributed by atoms with van der Waals surface area (Å²) in [4.78, 5) is 28.4. The Morgan fingerprint density at radius 1 is 0.542 bits per heavy atom. The first-order chi connectivity index (χ1) is 23.0. The Bertz CT molecular complexity index is 1600. The number of ether oxygens (including phenoxy) is 2. The number of hydrogen-bond acceptors (Lipinski definition) is 4. The number of esters is 2. The average molecular weight is 645 g/mol. The summed E-state index contributed by atoms with van der Waals surface area (Å²) < 4.78 is 13.0. The Balaban J connectivity index is 1.29. The van der Waals surface area contributed by atoms with Gasteiger partial charge >= 0.3 is 11.9 Å². The molecule has 2 aliphatic rings. The molecule has 0 spiro atoms. The monoisotopic (exact) mass is 644 g/mol. The maximum atomic E-state index is 14.2. The molecule has 6 rings (SSSR count). The third kappa shape index (κ3) is 6.81. The first-order valence-corrected chi connectivity index (χ1v) is 18.0. The van der Waals surface area contributed by atoms with E-state index in [4.69, 9.17) is 9.47 Å². The fourth-order valence-corrected chi connectivity index (χ4v) is 8.82. The molecule has 4 nitrogen and oxygen atoms in total. The largest absolute Gasteiger partial charge is 0.458 e. The summed E-state index contributed by atoms with van der Waals surface area (Å²) in [6.07, 6.45) is 5.41. The summed E-state index contributed by atoms with van der Waals surface area (Å²) in [6, 6.07) is 32.4. The van der Waals surface area contributed by atoms with Crippen LogP contribution in [0.2, 0.25) is 0 Å².